The Kier molecular flexibility index (Phi) is 0.675. The third-order valence-electron chi connectivity index (χ3n) is 4.38. The molecule has 1 nitrogen and oxygen atoms in total. The second-order valence-corrected chi connectivity index (χ2v) is 5.48. The molecule has 4 unspecified atom stereocenters. The van der Waals surface area contributed by atoms with Gasteiger partial charge in [0.2, 0.25) is 0 Å². The highest BCUT2D eigenvalue weighted by Crippen LogP contribution is 2.90. The fourth-order valence-electron chi connectivity index (χ4n) is 3.94. The van der Waals surface area contributed by atoms with Gasteiger partial charge >= 0.3 is 0 Å². The van der Waals surface area contributed by atoms with Crippen LogP contribution in [0.15, 0.2) is 0 Å². The summed E-state index contributed by atoms with van der Waals surface area (Å²) in [5, 5.41) is 0. The molecule has 60 valence electrons. The van der Waals surface area contributed by atoms with Crippen molar-refractivity contribution in [1.29, 1.82) is 0 Å². The average molecular weight is 150 g/mol. The fraction of sp³-hybridized carbons (Fsp3) is 0.900. The lowest BCUT2D eigenvalue weighted by molar-refractivity contribution is -0.130. The van der Waals surface area contributed by atoms with Crippen LogP contribution in [0, 0.1) is 28.6 Å². The lowest BCUT2D eigenvalue weighted by atomic mass is 9.66. The summed E-state index contributed by atoms with van der Waals surface area (Å²) in [5.74, 6) is 2.74. The number of Topliss-reactive ketones (excluding diaryl/α,β-unsaturated/α-hetero) is 1. The van der Waals surface area contributed by atoms with Crippen LogP contribution in [0.3, 0.4) is 0 Å². The molecule has 4 aliphatic carbocycles. The zero-order chi connectivity index (χ0) is 8.02. The van der Waals surface area contributed by atoms with Crippen molar-refractivity contribution in [3.05, 3.63) is 0 Å². The number of ketones is 1. The van der Waals surface area contributed by atoms with Gasteiger partial charge < -0.3 is 0 Å². The van der Waals surface area contributed by atoms with Crippen LogP contribution in [0.4, 0.5) is 0 Å². The molecule has 0 amide bonds. The van der Waals surface area contributed by atoms with Crippen LogP contribution in [0.2, 0.25) is 0 Å². The molecule has 0 aromatic rings. The zero-order valence-electron chi connectivity index (χ0n) is 7.35. The predicted octanol–water partition coefficient (Wildman–Crippen LogP) is 1.87. The number of hydrogen-bond acceptors (Lipinski definition) is 1. The Morgan fingerprint density at radius 3 is 2.27 bits per heavy atom. The van der Waals surface area contributed by atoms with E-state index in [0.717, 1.165) is 18.3 Å². The maximum Gasteiger partial charge on any atom is 0.137 e. The number of fused-ring (bicyclic) bond motifs is 2. The topological polar surface area (TPSA) is 17.1 Å². The summed E-state index contributed by atoms with van der Waals surface area (Å²) in [6.45, 7) is 6.80. The van der Waals surface area contributed by atoms with E-state index in [-0.39, 0.29) is 0 Å². The van der Waals surface area contributed by atoms with Gasteiger partial charge in [0.25, 0.3) is 0 Å². The molecule has 11 heavy (non-hydrogen) atoms. The molecule has 0 heterocycles. The molecule has 0 radical (unpaired) electrons. The second-order valence-electron chi connectivity index (χ2n) is 5.48. The summed E-state index contributed by atoms with van der Waals surface area (Å²) in [4.78, 5) is 11.5. The van der Waals surface area contributed by atoms with Crippen molar-refractivity contribution in [1.82, 2.24) is 0 Å². The van der Waals surface area contributed by atoms with Crippen molar-refractivity contribution in [3.8, 4) is 0 Å². The van der Waals surface area contributed by atoms with Crippen LogP contribution >= 0.6 is 0 Å². The highest BCUT2D eigenvalue weighted by molar-refractivity contribution is 5.91. The Labute approximate surface area is 67.2 Å². The Hall–Kier alpha value is -0.330. The average Bonchev–Trinajstić information content (AvgIpc) is 2.48. The van der Waals surface area contributed by atoms with Gasteiger partial charge in [-0.15, -0.1) is 0 Å². The molecule has 0 saturated heterocycles. The molecule has 0 aliphatic heterocycles. The zero-order valence-corrected chi connectivity index (χ0v) is 7.35. The lowest BCUT2D eigenvalue weighted by Crippen LogP contribution is -2.37. The van der Waals surface area contributed by atoms with Crippen molar-refractivity contribution in [3.63, 3.8) is 0 Å². The van der Waals surface area contributed by atoms with Crippen molar-refractivity contribution >= 4 is 5.78 Å². The first kappa shape index (κ1) is 6.22. The molecule has 4 fully saturated rings. The van der Waals surface area contributed by atoms with E-state index in [1.807, 2.05) is 0 Å². The van der Waals surface area contributed by atoms with Gasteiger partial charge in [0.15, 0.2) is 0 Å². The van der Waals surface area contributed by atoms with E-state index in [0.29, 0.717) is 22.5 Å². The highest BCUT2D eigenvalue weighted by Gasteiger charge is 2.90. The Morgan fingerprint density at radius 1 is 1.36 bits per heavy atom. The Bertz CT molecular complexity index is 266. The SMILES string of the molecule is CC1(C)CC(=O)C2C3C1C23C. The van der Waals surface area contributed by atoms with E-state index in [1.165, 1.54) is 0 Å². The summed E-state index contributed by atoms with van der Waals surface area (Å²) in [7, 11) is 0. The molecule has 0 aromatic heterocycles. The molecule has 4 saturated carbocycles. The fourth-order valence-corrected chi connectivity index (χ4v) is 3.94. The smallest absolute Gasteiger partial charge is 0.137 e. The van der Waals surface area contributed by atoms with Gasteiger partial charge in [0.1, 0.15) is 5.78 Å². The molecule has 4 rings (SSSR count). The van der Waals surface area contributed by atoms with Gasteiger partial charge in [-0.3, -0.25) is 4.79 Å². The van der Waals surface area contributed by atoms with Gasteiger partial charge in [-0.1, -0.05) is 20.8 Å². The first-order valence-corrected chi connectivity index (χ1v) is 4.52. The van der Waals surface area contributed by atoms with E-state index in [1.54, 1.807) is 0 Å². The van der Waals surface area contributed by atoms with Crippen molar-refractivity contribution in [2.24, 2.45) is 28.6 Å². The van der Waals surface area contributed by atoms with Gasteiger partial charge in [-0.25, -0.2) is 0 Å². The van der Waals surface area contributed by atoms with Crippen LogP contribution in [0.1, 0.15) is 27.2 Å². The van der Waals surface area contributed by atoms with Crippen LogP contribution in [0.25, 0.3) is 0 Å². The number of carbonyl (C=O) groups excluding carboxylic acids is 1. The monoisotopic (exact) mass is 150 g/mol. The van der Waals surface area contributed by atoms with E-state index in [4.69, 9.17) is 0 Å². The summed E-state index contributed by atoms with van der Waals surface area (Å²) in [6.07, 6.45) is 0.842. The van der Waals surface area contributed by atoms with Crippen LogP contribution < -0.4 is 0 Å². The number of carbonyl (C=O) groups is 1. The molecule has 1 heteroatoms. The quantitative estimate of drug-likeness (QED) is 0.515. The molecule has 0 aromatic carbocycles. The van der Waals surface area contributed by atoms with Crippen molar-refractivity contribution < 1.29 is 4.79 Å². The van der Waals surface area contributed by atoms with E-state index in [9.17, 15) is 4.79 Å². The molecular formula is C10H14O. The van der Waals surface area contributed by atoms with Crippen LogP contribution in [-0.4, -0.2) is 5.78 Å². The molecule has 4 aliphatic rings. The summed E-state index contributed by atoms with van der Waals surface area (Å²) in [5.41, 5.74) is 0.810. The summed E-state index contributed by atoms with van der Waals surface area (Å²) < 4.78 is 0. The standard InChI is InChI=1S/C10H14O/c1-9(2)4-5(11)6-7-8(9)10(6,7)3/h6-8H,4H2,1-3H3. The molecule has 0 spiro atoms. The minimum atomic E-state index is 0.325. The Morgan fingerprint density at radius 2 is 1.91 bits per heavy atom. The van der Waals surface area contributed by atoms with Gasteiger partial charge in [-0.2, -0.15) is 0 Å². The van der Waals surface area contributed by atoms with Crippen molar-refractivity contribution in [2.45, 2.75) is 27.2 Å². The van der Waals surface area contributed by atoms with Crippen molar-refractivity contribution in [2.75, 3.05) is 0 Å². The molecule has 2 bridgehead atoms. The summed E-state index contributed by atoms with van der Waals surface area (Å²) in [6, 6.07) is 0. The second kappa shape index (κ2) is 1.19. The predicted molar refractivity (Wildman–Crippen MR) is 42.0 cm³/mol. The minimum absolute atomic E-state index is 0.325. The normalized spacial score (nSPS) is 62.1. The third kappa shape index (κ3) is 0.423. The largest absolute Gasteiger partial charge is 0.299 e. The van der Waals surface area contributed by atoms with Gasteiger partial charge in [0, 0.05) is 12.3 Å². The number of hydrogen-bond donors (Lipinski definition) is 0. The van der Waals surface area contributed by atoms with Crippen LogP contribution in [0.5, 0.6) is 0 Å². The molecule has 0 N–H and O–H groups in total. The van der Waals surface area contributed by atoms with Gasteiger partial charge in [-0.05, 0) is 22.7 Å². The maximum atomic E-state index is 11.5. The maximum absolute atomic E-state index is 11.5. The minimum Gasteiger partial charge on any atom is -0.299 e. The lowest BCUT2D eigenvalue weighted by Gasteiger charge is -2.37. The van der Waals surface area contributed by atoms with E-state index in [2.05, 4.69) is 20.8 Å². The van der Waals surface area contributed by atoms with E-state index >= 15 is 0 Å². The number of rotatable bonds is 0. The van der Waals surface area contributed by atoms with Crippen LogP contribution in [-0.2, 0) is 4.79 Å². The van der Waals surface area contributed by atoms with E-state index < -0.39 is 0 Å². The first-order chi connectivity index (χ1) is 4.99. The third-order valence-corrected chi connectivity index (χ3v) is 4.38. The molecule has 4 atom stereocenters. The summed E-state index contributed by atoms with van der Waals surface area (Å²) >= 11 is 0. The first-order valence-electron chi connectivity index (χ1n) is 4.52. The molecular weight excluding hydrogens is 136 g/mol. The Balaban J connectivity index is 2.02. The highest BCUT2D eigenvalue weighted by atomic mass is 16.1. The van der Waals surface area contributed by atoms with Gasteiger partial charge in [0.05, 0.1) is 0 Å².